The van der Waals surface area contributed by atoms with Crippen molar-refractivity contribution in [2.24, 2.45) is 0 Å². The SMILES string of the molecule is O=C(Nc1cc(F)c(N2CCCC2)c(F)c1)C(=O)N1CCCCCCC1. The first-order chi connectivity index (χ1) is 12.6. The third-order valence-electron chi connectivity index (χ3n) is 5.03. The fourth-order valence-electron chi connectivity index (χ4n) is 3.66. The topological polar surface area (TPSA) is 52.7 Å². The van der Waals surface area contributed by atoms with E-state index in [1.54, 1.807) is 4.90 Å². The molecule has 2 heterocycles. The van der Waals surface area contributed by atoms with Crippen LogP contribution in [0.3, 0.4) is 0 Å². The van der Waals surface area contributed by atoms with Gasteiger partial charge in [-0.1, -0.05) is 19.3 Å². The number of nitrogens with zero attached hydrogens (tertiary/aromatic N) is 2. The molecule has 0 saturated carbocycles. The van der Waals surface area contributed by atoms with Crippen molar-refractivity contribution in [1.29, 1.82) is 0 Å². The summed E-state index contributed by atoms with van der Waals surface area (Å²) in [5.74, 6) is -2.93. The van der Waals surface area contributed by atoms with Gasteiger partial charge in [0.1, 0.15) is 5.69 Å². The van der Waals surface area contributed by atoms with Crippen LogP contribution in [0.2, 0.25) is 0 Å². The molecule has 5 nitrogen and oxygen atoms in total. The maximum absolute atomic E-state index is 14.3. The van der Waals surface area contributed by atoms with Gasteiger partial charge in [-0.05, 0) is 37.8 Å². The van der Waals surface area contributed by atoms with Gasteiger partial charge in [0.05, 0.1) is 0 Å². The Morgan fingerprint density at radius 1 is 0.808 bits per heavy atom. The van der Waals surface area contributed by atoms with Gasteiger partial charge in [-0.2, -0.15) is 0 Å². The number of hydrogen-bond acceptors (Lipinski definition) is 3. The molecular formula is C19H25F2N3O2. The third-order valence-corrected chi connectivity index (χ3v) is 5.03. The molecule has 0 atom stereocenters. The fraction of sp³-hybridized carbons (Fsp3) is 0.579. The Labute approximate surface area is 152 Å². The van der Waals surface area contributed by atoms with Crippen LogP contribution in [0.15, 0.2) is 12.1 Å². The average molecular weight is 365 g/mol. The molecule has 2 amide bonds. The van der Waals surface area contributed by atoms with Gasteiger partial charge in [-0.25, -0.2) is 8.78 Å². The molecule has 0 radical (unpaired) electrons. The number of carbonyl (C=O) groups is 2. The van der Waals surface area contributed by atoms with Gasteiger partial charge in [0.25, 0.3) is 0 Å². The van der Waals surface area contributed by atoms with E-state index in [4.69, 9.17) is 0 Å². The van der Waals surface area contributed by atoms with Gasteiger partial charge in [0, 0.05) is 31.9 Å². The summed E-state index contributed by atoms with van der Waals surface area (Å²) in [4.78, 5) is 27.7. The molecule has 1 aromatic rings. The molecule has 0 aromatic heterocycles. The highest BCUT2D eigenvalue weighted by Gasteiger charge is 2.25. The summed E-state index contributed by atoms with van der Waals surface area (Å²) in [5.41, 5.74) is -0.0936. The minimum Gasteiger partial charge on any atom is -0.367 e. The molecular weight excluding hydrogens is 340 g/mol. The smallest absolute Gasteiger partial charge is 0.313 e. The van der Waals surface area contributed by atoms with E-state index >= 15 is 0 Å². The predicted octanol–water partition coefficient (Wildman–Crippen LogP) is 3.30. The van der Waals surface area contributed by atoms with Crippen molar-refractivity contribution in [2.45, 2.75) is 44.9 Å². The average Bonchev–Trinajstić information content (AvgIpc) is 3.07. The Morgan fingerprint density at radius 3 is 1.88 bits per heavy atom. The van der Waals surface area contributed by atoms with E-state index in [0.29, 0.717) is 26.2 Å². The van der Waals surface area contributed by atoms with E-state index in [9.17, 15) is 18.4 Å². The second-order valence-corrected chi connectivity index (χ2v) is 7.00. The summed E-state index contributed by atoms with van der Waals surface area (Å²) in [7, 11) is 0. The van der Waals surface area contributed by atoms with Gasteiger partial charge >= 0.3 is 11.8 Å². The molecule has 2 fully saturated rings. The van der Waals surface area contributed by atoms with Gasteiger partial charge in [0.2, 0.25) is 0 Å². The maximum atomic E-state index is 14.3. The number of nitrogens with one attached hydrogen (secondary N) is 1. The van der Waals surface area contributed by atoms with Crippen LogP contribution in [0.5, 0.6) is 0 Å². The number of halogens is 2. The lowest BCUT2D eigenvalue weighted by atomic mass is 10.1. The summed E-state index contributed by atoms with van der Waals surface area (Å²) >= 11 is 0. The van der Waals surface area contributed by atoms with Crippen LogP contribution in [-0.4, -0.2) is 42.9 Å². The lowest BCUT2D eigenvalue weighted by Crippen LogP contribution is -2.41. The zero-order chi connectivity index (χ0) is 18.5. The molecule has 2 aliphatic heterocycles. The quantitative estimate of drug-likeness (QED) is 0.819. The van der Waals surface area contributed by atoms with Crippen molar-refractivity contribution in [3.63, 3.8) is 0 Å². The highest BCUT2D eigenvalue weighted by Crippen LogP contribution is 2.29. The Balaban J connectivity index is 1.67. The van der Waals surface area contributed by atoms with Crippen LogP contribution in [-0.2, 0) is 9.59 Å². The highest BCUT2D eigenvalue weighted by molar-refractivity contribution is 6.39. The van der Waals surface area contributed by atoms with E-state index < -0.39 is 23.4 Å². The van der Waals surface area contributed by atoms with Gasteiger partial charge in [-0.15, -0.1) is 0 Å². The zero-order valence-corrected chi connectivity index (χ0v) is 14.9. The van der Waals surface area contributed by atoms with Crippen LogP contribution in [0.4, 0.5) is 20.2 Å². The van der Waals surface area contributed by atoms with Crippen molar-refractivity contribution < 1.29 is 18.4 Å². The molecule has 1 aromatic carbocycles. The molecule has 0 bridgehead atoms. The number of amides is 2. The molecule has 26 heavy (non-hydrogen) atoms. The van der Waals surface area contributed by atoms with Crippen LogP contribution >= 0.6 is 0 Å². The number of anilines is 2. The van der Waals surface area contributed by atoms with E-state index in [2.05, 4.69) is 5.32 Å². The zero-order valence-electron chi connectivity index (χ0n) is 14.9. The van der Waals surface area contributed by atoms with Crippen LogP contribution in [0, 0.1) is 11.6 Å². The first-order valence-corrected chi connectivity index (χ1v) is 9.40. The summed E-state index contributed by atoms with van der Waals surface area (Å²) < 4.78 is 28.7. The van der Waals surface area contributed by atoms with E-state index in [0.717, 1.165) is 57.1 Å². The Kier molecular flexibility index (Phi) is 6.06. The molecule has 142 valence electrons. The van der Waals surface area contributed by atoms with E-state index in [1.807, 2.05) is 0 Å². The Bertz CT molecular complexity index is 644. The number of rotatable bonds is 2. The first kappa shape index (κ1) is 18.6. The molecule has 0 unspecified atom stereocenters. The van der Waals surface area contributed by atoms with Crippen molar-refractivity contribution in [2.75, 3.05) is 36.4 Å². The number of hydrogen-bond donors (Lipinski definition) is 1. The maximum Gasteiger partial charge on any atom is 0.313 e. The molecule has 1 N–H and O–H groups in total. The Hall–Kier alpha value is -2.18. The Morgan fingerprint density at radius 2 is 1.31 bits per heavy atom. The summed E-state index contributed by atoms with van der Waals surface area (Å²) in [5, 5.41) is 2.35. The minimum atomic E-state index is -0.849. The van der Waals surface area contributed by atoms with Crippen molar-refractivity contribution in [1.82, 2.24) is 4.90 Å². The first-order valence-electron chi connectivity index (χ1n) is 9.40. The summed E-state index contributed by atoms with van der Waals surface area (Å²) in [6.07, 6.45) is 6.78. The fourth-order valence-corrected chi connectivity index (χ4v) is 3.66. The second kappa shape index (κ2) is 8.47. The van der Waals surface area contributed by atoms with Crippen molar-refractivity contribution in [3.8, 4) is 0 Å². The monoisotopic (exact) mass is 365 g/mol. The van der Waals surface area contributed by atoms with Crippen LogP contribution in [0.1, 0.15) is 44.9 Å². The van der Waals surface area contributed by atoms with E-state index in [1.165, 1.54) is 4.90 Å². The number of carbonyl (C=O) groups excluding carboxylic acids is 2. The number of benzene rings is 1. The van der Waals surface area contributed by atoms with Gasteiger partial charge in [0.15, 0.2) is 11.6 Å². The predicted molar refractivity (Wildman–Crippen MR) is 96.1 cm³/mol. The third kappa shape index (κ3) is 4.31. The normalized spacial score (nSPS) is 18.4. The molecule has 7 heteroatoms. The van der Waals surface area contributed by atoms with Crippen molar-refractivity contribution >= 4 is 23.2 Å². The highest BCUT2D eigenvalue weighted by atomic mass is 19.1. The van der Waals surface area contributed by atoms with Crippen molar-refractivity contribution in [3.05, 3.63) is 23.8 Å². The second-order valence-electron chi connectivity index (χ2n) is 7.00. The molecule has 2 aliphatic rings. The standard InChI is InChI=1S/C19H25F2N3O2/c20-15-12-14(13-16(21)17(15)23-8-6-7-9-23)22-18(25)19(26)24-10-4-2-1-3-5-11-24/h12-13H,1-11H2,(H,22,25). The summed E-state index contributed by atoms with van der Waals surface area (Å²) in [6, 6.07) is 2.16. The van der Waals surface area contributed by atoms with Gasteiger partial charge in [-0.3, -0.25) is 9.59 Å². The lowest BCUT2D eigenvalue weighted by molar-refractivity contribution is -0.143. The lowest BCUT2D eigenvalue weighted by Gasteiger charge is -2.24. The number of likely N-dealkylation sites (tertiary alicyclic amines) is 1. The molecule has 2 saturated heterocycles. The summed E-state index contributed by atoms with van der Waals surface area (Å²) in [6.45, 7) is 2.33. The largest absolute Gasteiger partial charge is 0.367 e. The molecule has 0 aliphatic carbocycles. The van der Waals surface area contributed by atoms with E-state index in [-0.39, 0.29) is 11.4 Å². The van der Waals surface area contributed by atoms with Crippen LogP contribution in [0.25, 0.3) is 0 Å². The minimum absolute atomic E-state index is 0.0339. The molecule has 0 spiro atoms. The van der Waals surface area contributed by atoms with Crippen LogP contribution < -0.4 is 10.2 Å². The molecule has 3 rings (SSSR count). The van der Waals surface area contributed by atoms with Gasteiger partial charge < -0.3 is 15.1 Å².